The first kappa shape index (κ1) is 14.0. The first-order valence-corrected chi connectivity index (χ1v) is 5.59. The van der Waals surface area contributed by atoms with E-state index in [-0.39, 0.29) is 32.2 Å². The average molecular weight is 298 g/mol. The Morgan fingerprint density at radius 1 is 1.41 bits per heavy atom. The van der Waals surface area contributed by atoms with Gasteiger partial charge in [0, 0.05) is 5.02 Å². The molecule has 1 aromatic carbocycles. The van der Waals surface area contributed by atoms with Crippen LogP contribution in [0, 0.1) is 5.21 Å². The van der Waals surface area contributed by atoms with Crippen molar-refractivity contribution in [3.63, 3.8) is 0 Å². The van der Waals surface area contributed by atoms with Crippen molar-refractivity contribution in [2.45, 2.75) is 6.92 Å². The number of azo groups is 1. The van der Waals surface area contributed by atoms with Crippen molar-refractivity contribution >= 4 is 46.6 Å². The van der Waals surface area contributed by atoms with Gasteiger partial charge in [0.15, 0.2) is 0 Å². The summed E-state index contributed by atoms with van der Waals surface area (Å²) in [7, 11) is 0. The van der Waals surface area contributed by atoms with Crippen LogP contribution >= 0.6 is 34.8 Å². The highest BCUT2D eigenvalue weighted by Crippen LogP contribution is 2.35. The molecule has 1 rings (SSSR count). The predicted molar refractivity (Wildman–Crippen MR) is 64.2 cm³/mol. The second kappa shape index (κ2) is 6.05. The Bertz CT molecular complexity index is 454. The molecule has 92 valence electrons. The quantitative estimate of drug-likeness (QED) is 0.462. The molecular formula is C9H7Cl3N2O3. The summed E-state index contributed by atoms with van der Waals surface area (Å²) in [6, 6.07) is 2.63. The summed E-state index contributed by atoms with van der Waals surface area (Å²) in [5.41, 5.74) is -0.161. The summed E-state index contributed by atoms with van der Waals surface area (Å²) in [4.78, 5) is 11.0. The lowest BCUT2D eigenvalue weighted by atomic mass is 10.3. The van der Waals surface area contributed by atoms with Crippen LogP contribution in [-0.2, 0) is 4.74 Å². The van der Waals surface area contributed by atoms with Gasteiger partial charge >= 0.3 is 6.09 Å². The molecule has 0 aliphatic carbocycles. The lowest BCUT2D eigenvalue weighted by molar-refractivity contribution is -0.435. The van der Waals surface area contributed by atoms with Crippen molar-refractivity contribution in [2.24, 2.45) is 5.11 Å². The van der Waals surface area contributed by atoms with Crippen LogP contribution in [0.3, 0.4) is 0 Å². The third-order valence-corrected chi connectivity index (χ3v) is 2.41. The van der Waals surface area contributed by atoms with Gasteiger partial charge in [0.25, 0.3) is 5.69 Å². The maximum absolute atomic E-state index is 11.5. The standard InChI is InChI=1S/C9H7Cl3N2O3/c1-2-17-9(15)13-14(16)8-6(11)3-5(10)4-7(8)12/h3-4H,2H2,1H3/b14-13-. The van der Waals surface area contributed by atoms with Crippen molar-refractivity contribution < 1.29 is 14.4 Å². The lowest BCUT2D eigenvalue weighted by Gasteiger charge is -2.04. The number of ether oxygens (including phenoxy) is 1. The van der Waals surface area contributed by atoms with E-state index >= 15 is 0 Å². The molecule has 0 spiro atoms. The van der Waals surface area contributed by atoms with Crippen molar-refractivity contribution in [2.75, 3.05) is 6.61 Å². The molecule has 0 unspecified atom stereocenters. The minimum atomic E-state index is -1.02. The van der Waals surface area contributed by atoms with Gasteiger partial charge in [0.2, 0.25) is 0 Å². The minimum absolute atomic E-state index is 0.00100. The zero-order valence-electron chi connectivity index (χ0n) is 8.61. The van der Waals surface area contributed by atoms with E-state index in [2.05, 4.69) is 9.85 Å². The molecular weight excluding hydrogens is 290 g/mol. The fourth-order valence-corrected chi connectivity index (χ4v) is 1.96. The zero-order valence-corrected chi connectivity index (χ0v) is 10.9. The highest BCUT2D eigenvalue weighted by atomic mass is 35.5. The molecule has 1 amide bonds. The van der Waals surface area contributed by atoms with E-state index in [1.807, 2.05) is 0 Å². The van der Waals surface area contributed by atoms with Gasteiger partial charge in [0.05, 0.1) is 11.7 Å². The lowest BCUT2D eigenvalue weighted by Crippen LogP contribution is -2.03. The Balaban J connectivity index is 3.12. The first-order valence-electron chi connectivity index (χ1n) is 4.46. The number of amides is 1. The van der Waals surface area contributed by atoms with Gasteiger partial charge < -0.3 is 9.94 Å². The second-order valence-corrected chi connectivity index (χ2v) is 4.04. The number of carbonyl (C=O) groups is 1. The van der Waals surface area contributed by atoms with E-state index < -0.39 is 6.09 Å². The maximum Gasteiger partial charge on any atom is 0.492 e. The fourth-order valence-electron chi connectivity index (χ4n) is 0.994. The van der Waals surface area contributed by atoms with Gasteiger partial charge in [-0.05, 0) is 23.9 Å². The van der Waals surface area contributed by atoms with Gasteiger partial charge in [-0.1, -0.05) is 34.8 Å². The van der Waals surface area contributed by atoms with E-state index in [1.54, 1.807) is 6.92 Å². The summed E-state index contributed by atoms with van der Waals surface area (Å²) in [6.07, 6.45) is -1.02. The van der Waals surface area contributed by atoms with Crippen molar-refractivity contribution in [3.8, 4) is 0 Å². The summed E-state index contributed by atoms with van der Waals surface area (Å²) >= 11 is 17.2. The average Bonchev–Trinajstić information content (AvgIpc) is 2.15. The Morgan fingerprint density at radius 2 is 1.94 bits per heavy atom. The molecule has 8 heteroatoms. The number of halogens is 3. The van der Waals surface area contributed by atoms with Crippen LogP contribution in [0.2, 0.25) is 15.1 Å². The van der Waals surface area contributed by atoms with Crippen LogP contribution in [0.25, 0.3) is 0 Å². The number of hydrogen-bond acceptors (Lipinski definition) is 3. The molecule has 0 radical (unpaired) electrons. The molecule has 0 atom stereocenters. The van der Waals surface area contributed by atoms with Gasteiger partial charge in [0.1, 0.15) is 10.0 Å². The zero-order chi connectivity index (χ0) is 13.0. The fraction of sp³-hybridized carbons (Fsp3) is 0.222. The largest absolute Gasteiger partial charge is 0.594 e. The summed E-state index contributed by atoms with van der Waals surface area (Å²) in [6.45, 7) is 1.70. The SMILES string of the molecule is CCOC(=O)/N=[N+](\[O-])c1c(Cl)cc(Cl)cc1Cl. The molecule has 5 nitrogen and oxygen atoms in total. The highest BCUT2D eigenvalue weighted by molar-refractivity contribution is 6.40. The third-order valence-electron chi connectivity index (χ3n) is 1.61. The van der Waals surface area contributed by atoms with E-state index in [1.165, 1.54) is 12.1 Å². The van der Waals surface area contributed by atoms with Crippen LogP contribution in [0.4, 0.5) is 10.5 Å². The van der Waals surface area contributed by atoms with Crippen LogP contribution in [0.5, 0.6) is 0 Å². The van der Waals surface area contributed by atoms with Gasteiger partial charge in [-0.15, -0.1) is 0 Å². The van der Waals surface area contributed by atoms with Crippen LogP contribution < -0.4 is 0 Å². The molecule has 1 aromatic rings. The van der Waals surface area contributed by atoms with E-state index in [9.17, 15) is 10.0 Å². The van der Waals surface area contributed by atoms with E-state index in [0.717, 1.165) is 0 Å². The minimum Gasteiger partial charge on any atom is -0.594 e. The highest BCUT2D eigenvalue weighted by Gasteiger charge is 2.19. The Labute approximate surface area is 112 Å². The van der Waals surface area contributed by atoms with Crippen molar-refractivity contribution in [1.29, 1.82) is 0 Å². The topological polar surface area (TPSA) is 64.7 Å². The number of carbonyl (C=O) groups excluding carboxylic acids is 1. The van der Waals surface area contributed by atoms with Crippen molar-refractivity contribution in [1.82, 2.24) is 0 Å². The Kier molecular flexibility index (Phi) is 4.99. The smallest absolute Gasteiger partial charge is 0.492 e. The van der Waals surface area contributed by atoms with Crippen LogP contribution in [0.15, 0.2) is 17.2 Å². The molecule has 0 N–H and O–H groups in total. The number of rotatable bonds is 2. The molecule has 17 heavy (non-hydrogen) atoms. The predicted octanol–water partition coefficient (Wildman–Crippen LogP) is 4.40. The molecule has 0 aromatic heterocycles. The summed E-state index contributed by atoms with van der Waals surface area (Å²) in [5.74, 6) is 0. The van der Waals surface area contributed by atoms with E-state index in [4.69, 9.17) is 34.8 Å². The molecule has 0 aliphatic rings. The van der Waals surface area contributed by atoms with Gasteiger partial charge in [-0.25, -0.2) is 4.79 Å². The first-order chi connectivity index (χ1) is 7.95. The number of benzene rings is 1. The van der Waals surface area contributed by atoms with Crippen LogP contribution in [0.1, 0.15) is 6.92 Å². The molecule has 0 saturated carbocycles. The normalized spacial score (nSPS) is 11.4. The molecule has 0 bridgehead atoms. The molecule has 0 saturated heterocycles. The van der Waals surface area contributed by atoms with E-state index in [0.29, 0.717) is 0 Å². The van der Waals surface area contributed by atoms with Crippen LogP contribution in [-0.4, -0.2) is 17.6 Å². The monoisotopic (exact) mass is 296 g/mol. The molecule has 0 heterocycles. The third kappa shape index (κ3) is 3.73. The second-order valence-electron chi connectivity index (χ2n) is 2.79. The Morgan fingerprint density at radius 3 is 2.41 bits per heavy atom. The molecule has 0 fully saturated rings. The number of hydrogen-bond donors (Lipinski definition) is 0. The van der Waals surface area contributed by atoms with Gasteiger partial charge in [-0.2, -0.15) is 0 Å². The summed E-state index contributed by atoms with van der Waals surface area (Å²) in [5, 5.41) is 14.9. The Hall–Kier alpha value is -1.04. The van der Waals surface area contributed by atoms with Gasteiger partial charge in [-0.3, -0.25) is 0 Å². The molecule has 0 aliphatic heterocycles. The summed E-state index contributed by atoms with van der Waals surface area (Å²) < 4.78 is 4.48. The van der Waals surface area contributed by atoms with Crippen molar-refractivity contribution in [3.05, 3.63) is 32.4 Å². The maximum atomic E-state index is 11.5. The number of nitrogens with zero attached hydrogens (tertiary/aromatic N) is 2.